The van der Waals surface area contributed by atoms with Crippen LogP contribution in [0.4, 0.5) is 11.4 Å². The molecule has 0 aliphatic carbocycles. The molecule has 0 saturated heterocycles. The molecule has 0 saturated carbocycles. The molecule has 2 N–H and O–H groups in total. The largest absolute Gasteiger partial charge is 0.456 e. The minimum Gasteiger partial charge on any atom is -0.456 e. The van der Waals surface area contributed by atoms with Gasteiger partial charge in [0.25, 0.3) is 5.91 Å². The summed E-state index contributed by atoms with van der Waals surface area (Å²) in [5, 5.41) is 5.58. The number of ketones is 1. The Morgan fingerprint density at radius 2 is 1.77 bits per heavy atom. The van der Waals surface area contributed by atoms with Crippen molar-refractivity contribution in [2.24, 2.45) is 0 Å². The number of amides is 2. The molecule has 0 aromatic heterocycles. The zero-order valence-corrected chi connectivity index (χ0v) is 18.5. The van der Waals surface area contributed by atoms with Crippen molar-refractivity contribution < 1.29 is 23.9 Å². The lowest BCUT2D eigenvalue weighted by molar-refractivity contribution is -0.147. The zero-order chi connectivity index (χ0) is 22.1. The van der Waals surface area contributed by atoms with Gasteiger partial charge in [0.2, 0.25) is 5.91 Å². The summed E-state index contributed by atoms with van der Waals surface area (Å²) in [4.78, 5) is 47.0. The maximum Gasteiger partial charge on any atom is 0.306 e. The maximum absolute atomic E-state index is 12.0. The average molecular weight is 496 g/mol. The van der Waals surface area contributed by atoms with E-state index in [0.29, 0.717) is 22.0 Å². The molecule has 2 aromatic rings. The van der Waals surface area contributed by atoms with Crippen LogP contribution in [0, 0.1) is 0 Å². The van der Waals surface area contributed by atoms with E-state index in [9.17, 15) is 19.2 Å². The highest BCUT2D eigenvalue weighted by molar-refractivity contribution is 9.10. The summed E-state index contributed by atoms with van der Waals surface area (Å²) in [5.41, 5.74) is 1.42. The first-order chi connectivity index (χ1) is 14.2. The van der Waals surface area contributed by atoms with Gasteiger partial charge in [0.05, 0.1) is 10.7 Å². The van der Waals surface area contributed by atoms with Gasteiger partial charge in [0, 0.05) is 28.6 Å². The Morgan fingerprint density at radius 1 is 1.00 bits per heavy atom. The lowest BCUT2D eigenvalue weighted by Gasteiger charge is -2.09. The van der Waals surface area contributed by atoms with Crippen molar-refractivity contribution in [1.29, 1.82) is 0 Å². The van der Waals surface area contributed by atoms with Crippen molar-refractivity contribution in [2.45, 2.75) is 26.2 Å². The molecule has 0 spiro atoms. The topological polar surface area (TPSA) is 102 Å². The van der Waals surface area contributed by atoms with Crippen molar-refractivity contribution in [3.63, 3.8) is 0 Å². The maximum atomic E-state index is 12.0. The predicted molar refractivity (Wildman–Crippen MR) is 118 cm³/mol. The van der Waals surface area contributed by atoms with Crippen LogP contribution in [-0.2, 0) is 19.1 Å². The minimum atomic E-state index is -0.585. The number of Topliss-reactive ketones (excluding diaryl/α,β-unsaturated/α-hetero) is 1. The van der Waals surface area contributed by atoms with E-state index in [4.69, 9.17) is 16.3 Å². The molecule has 2 rings (SSSR count). The van der Waals surface area contributed by atoms with Gasteiger partial charge in [-0.15, -0.1) is 0 Å². The number of halogens is 2. The fourth-order valence-electron chi connectivity index (χ4n) is 2.43. The van der Waals surface area contributed by atoms with Gasteiger partial charge in [-0.3, -0.25) is 19.2 Å². The first kappa shape index (κ1) is 23.6. The van der Waals surface area contributed by atoms with Gasteiger partial charge in [-0.05, 0) is 43.7 Å². The number of esters is 1. The number of benzene rings is 2. The van der Waals surface area contributed by atoms with Crippen molar-refractivity contribution in [1.82, 2.24) is 0 Å². The van der Waals surface area contributed by atoms with Crippen molar-refractivity contribution in [3.05, 3.63) is 57.5 Å². The SMILES string of the molecule is CC(=O)c1cccc(NC(=O)CCCC(=O)OCC(=O)Nc2ccc(Br)cc2Cl)c1. The van der Waals surface area contributed by atoms with Crippen LogP contribution in [0.15, 0.2) is 46.9 Å². The van der Waals surface area contributed by atoms with Crippen LogP contribution >= 0.6 is 27.5 Å². The number of carbonyl (C=O) groups is 4. The minimum absolute atomic E-state index is 0.00672. The van der Waals surface area contributed by atoms with Gasteiger partial charge in [-0.2, -0.15) is 0 Å². The van der Waals surface area contributed by atoms with Crippen molar-refractivity contribution in [3.8, 4) is 0 Å². The molecule has 158 valence electrons. The highest BCUT2D eigenvalue weighted by Gasteiger charge is 2.11. The number of hydrogen-bond acceptors (Lipinski definition) is 5. The number of anilines is 2. The Bertz CT molecular complexity index is 964. The fraction of sp³-hybridized carbons (Fsp3) is 0.238. The van der Waals surface area contributed by atoms with Crippen LogP contribution in [0.25, 0.3) is 0 Å². The molecule has 0 unspecified atom stereocenters. The summed E-state index contributed by atoms with van der Waals surface area (Å²) in [6.45, 7) is 0.996. The summed E-state index contributed by atoms with van der Waals surface area (Å²) in [6.07, 6.45) is 0.352. The molecule has 0 radical (unpaired) electrons. The van der Waals surface area contributed by atoms with E-state index in [1.165, 1.54) is 6.92 Å². The average Bonchev–Trinajstić information content (AvgIpc) is 2.68. The Morgan fingerprint density at radius 3 is 2.47 bits per heavy atom. The molecular formula is C21H20BrClN2O5. The van der Waals surface area contributed by atoms with Crippen LogP contribution in [0.3, 0.4) is 0 Å². The van der Waals surface area contributed by atoms with Crippen molar-refractivity contribution in [2.75, 3.05) is 17.2 Å². The second kappa shape index (κ2) is 11.5. The quantitative estimate of drug-likeness (QED) is 0.391. The molecular weight excluding hydrogens is 476 g/mol. The molecule has 9 heteroatoms. The lowest BCUT2D eigenvalue weighted by Crippen LogP contribution is -2.21. The molecule has 30 heavy (non-hydrogen) atoms. The van der Waals surface area contributed by atoms with Crippen LogP contribution < -0.4 is 10.6 Å². The van der Waals surface area contributed by atoms with E-state index < -0.39 is 18.5 Å². The van der Waals surface area contributed by atoms with Gasteiger partial charge < -0.3 is 15.4 Å². The highest BCUT2D eigenvalue weighted by Crippen LogP contribution is 2.25. The number of rotatable bonds is 9. The predicted octanol–water partition coefficient (Wildman–Crippen LogP) is 4.60. The summed E-state index contributed by atoms with van der Waals surface area (Å²) in [6, 6.07) is 11.6. The second-order valence-corrected chi connectivity index (χ2v) is 7.69. The van der Waals surface area contributed by atoms with E-state index in [1.54, 1.807) is 42.5 Å². The van der Waals surface area contributed by atoms with E-state index in [2.05, 4.69) is 26.6 Å². The molecule has 0 heterocycles. The monoisotopic (exact) mass is 494 g/mol. The second-order valence-electron chi connectivity index (χ2n) is 6.37. The molecule has 0 atom stereocenters. The van der Waals surface area contributed by atoms with E-state index in [1.807, 2.05) is 0 Å². The number of nitrogens with one attached hydrogen (secondary N) is 2. The van der Waals surface area contributed by atoms with Crippen LogP contribution in [0.1, 0.15) is 36.5 Å². The number of carbonyl (C=O) groups excluding carboxylic acids is 4. The zero-order valence-electron chi connectivity index (χ0n) is 16.2. The first-order valence-corrected chi connectivity index (χ1v) is 10.2. The third kappa shape index (κ3) is 7.96. The van der Waals surface area contributed by atoms with Crippen LogP contribution in [-0.4, -0.2) is 30.2 Å². The van der Waals surface area contributed by atoms with E-state index >= 15 is 0 Å². The third-order valence-electron chi connectivity index (χ3n) is 3.91. The fourth-order valence-corrected chi connectivity index (χ4v) is 3.15. The Balaban J connectivity index is 1.68. The standard InChI is InChI=1S/C21H20BrClN2O5/c1-13(26)14-4-2-5-16(10-14)24-19(27)6-3-7-21(29)30-12-20(28)25-18-9-8-15(22)11-17(18)23/h2,4-5,8-11H,3,6-7,12H2,1H3,(H,24,27)(H,25,28). The molecule has 2 amide bonds. The summed E-state index contributed by atoms with van der Waals surface area (Å²) in [7, 11) is 0. The van der Waals surface area contributed by atoms with Gasteiger partial charge in [0.15, 0.2) is 12.4 Å². The third-order valence-corrected chi connectivity index (χ3v) is 4.71. The summed E-state index contributed by atoms with van der Waals surface area (Å²) >= 11 is 9.27. The van der Waals surface area contributed by atoms with Gasteiger partial charge in [-0.25, -0.2) is 0 Å². The molecule has 0 bridgehead atoms. The Kier molecular flexibility index (Phi) is 9.01. The van der Waals surface area contributed by atoms with E-state index in [0.717, 1.165) is 4.47 Å². The van der Waals surface area contributed by atoms with Crippen molar-refractivity contribution >= 4 is 62.5 Å². The van der Waals surface area contributed by atoms with Gasteiger partial charge >= 0.3 is 5.97 Å². The molecule has 2 aromatic carbocycles. The summed E-state index contributed by atoms with van der Waals surface area (Å²) < 4.78 is 5.68. The molecule has 0 aliphatic heterocycles. The normalized spacial score (nSPS) is 10.2. The molecule has 0 fully saturated rings. The number of ether oxygens (including phenoxy) is 1. The first-order valence-electron chi connectivity index (χ1n) is 9.06. The molecule has 7 nitrogen and oxygen atoms in total. The van der Waals surface area contributed by atoms with Gasteiger partial charge in [-0.1, -0.05) is 39.7 Å². The van der Waals surface area contributed by atoms with Crippen LogP contribution in [0.5, 0.6) is 0 Å². The summed E-state index contributed by atoms with van der Waals surface area (Å²) in [5.74, 6) is -1.49. The lowest BCUT2D eigenvalue weighted by atomic mass is 10.1. The van der Waals surface area contributed by atoms with E-state index in [-0.39, 0.29) is 31.0 Å². The number of hydrogen-bond donors (Lipinski definition) is 2. The molecule has 0 aliphatic rings. The van der Waals surface area contributed by atoms with Gasteiger partial charge in [0.1, 0.15) is 0 Å². The smallest absolute Gasteiger partial charge is 0.306 e. The Hall–Kier alpha value is -2.71. The Labute approximate surface area is 187 Å². The highest BCUT2D eigenvalue weighted by atomic mass is 79.9. The van der Waals surface area contributed by atoms with Crippen LogP contribution in [0.2, 0.25) is 5.02 Å².